The third kappa shape index (κ3) is 5.05. The normalized spacial score (nSPS) is 12.0. The van der Waals surface area contributed by atoms with Crippen molar-refractivity contribution in [3.63, 3.8) is 0 Å². The van der Waals surface area contributed by atoms with Crippen molar-refractivity contribution in [2.24, 2.45) is 5.73 Å². The molecule has 4 N–H and O–H groups in total. The second kappa shape index (κ2) is 9.47. The molecule has 0 saturated carbocycles. The number of ether oxygens (including phenoxy) is 4. The van der Waals surface area contributed by atoms with Gasteiger partial charge in [-0.25, -0.2) is 17.9 Å². The fourth-order valence-corrected chi connectivity index (χ4v) is 4.18. The molecule has 2 aromatic heterocycles. The van der Waals surface area contributed by atoms with Gasteiger partial charge in [0.25, 0.3) is 5.88 Å². The predicted molar refractivity (Wildman–Crippen MR) is 113 cm³/mol. The Bertz CT molecular complexity index is 1190. The monoisotopic (exact) mass is 452 g/mol. The number of pyridine rings is 1. The number of methoxy groups -OCH3 is 2. The molecule has 0 saturated heterocycles. The van der Waals surface area contributed by atoms with E-state index >= 15 is 0 Å². The zero-order valence-electron chi connectivity index (χ0n) is 17.3. The highest BCUT2D eigenvalue weighted by atomic mass is 32.2. The van der Waals surface area contributed by atoms with Gasteiger partial charge in [0.2, 0.25) is 15.9 Å². The number of sulfonamides is 1. The highest BCUT2D eigenvalue weighted by Gasteiger charge is 2.19. The topological polar surface area (TPSA) is 155 Å². The fraction of sp³-hybridized carbons (Fsp3) is 0.368. The number of primary amides is 1. The SMILES string of the molecule is CCOc1cc2c([nH]c3ccc(S(=O)(=O)NCCC(OC)OC)cc32)c(OC(N)=O)n1. The van der Waals surface area contributed by atoms with E-state index in [4.69, 9.17) is 24.7 Å². The van der Waals surface area contributed by atoms with Crippen LogP contribution in [0.5, 0.6) is 11.8 Å². The molecule has 0 aliphatic carbocycles. The van der Waals surface area contributed by atoms with Crippen molar-refractivity contribution in [2.45, 2.75) is 24.5 Å². The van der Waals surface area contributed by atoms with Crippen molar-refractivity contribution in [1.82, 2.24) is 14.7 Å². The van der Waals surface area contributed by atoms with Crippen LogP contribution in [-0.4, -0.2) is 58.1 Å². The van der Waals surface area contributed by atoms with Crippen LogP contribution in [0.2, 0.25) is 0 Å². The number of aromatic amines is 1. The lowest BCUT2D eigenvalue weighted by atomic mass is 10.2. The quantitative estimate of drug-likeness (QED) is 0.394. The van der Waals surface area contributed by atoms with Crippen molar-refractivity contribution in [3.8, 4) is 11.8 Å². The lowest BCUT2D eigenvalue weighted by Crippen LogP contribution is -2.28. The Balaban J connectivity index is 2.01. The highest BCUT2D eigenvalue weighted by Crippen LogP contribution is 2.34. The van der Waals surface area contributed by atoms with Gasteiger partial charge in [-0.2, -0.15) is 4.98 Å². The number of nitrogens with zero attached hydrogens (tertiary/aromatic N) is 1. The lowest BCUT2D eigenvalue weighted by molar-refractivity contribution is -0.104. The van der Waals surface area contributed by atoms with Crippen LogP contribution >= 0.6 is 0 Å². The third-order valence-electron chi connectivity index (χ3n) is 4.50. The number of nitrogens with one attached hydrogen (secondary N) is 2. The van der Waals surface area contributed by atoms with Crippen molar-refractivity contribution in [3.05, 3.63) is 24.3 Å². The van der Waals surface area contributed by atoms with E-state index in [1.165, 1.54) is 26.4 Å². The van der Waals surface area contributed by atoms with E-state index in [2.05, 4.69) is 14.7 Å². The van der Waals surface area contributed by atoms with E-state index < -0.39 is 22.4 Å². The molecule has 0 aliphatic rings. The standard InChI is InChI=1S/C19H24N4O7S/c1-4-29-15-10-13-12-9-11(31(25,26)21-8-7-16(27-2)28-3)5-6-14(12)22-17(13)18(23-15)30-19(20)24/h5-6,9-10,16,21-22H,4,7-8H2,1-3H3,(H2,20,24). The Hall–Kier alpha value is -2.93. The van der Waals surface area contributed by atoms with Crippen LogP contribution in [0.15, 0.2) is 29.2 Å². The van der Waals surface area contributed by atoms with Gasteiger partial charge >= 0.3 is 6.09 Å². The van der Waals surface area contributed by atoms with Crippen LogP contribution in [0.3, 0.4) is 0 Å². The second-order valence-corrected chi connectivity index (χ2v) is 8.23. The zero-order chi connectivity index (χ0) is 22.6. The van der Waals surface area contributed by atoms with E-state index in [0.29, 0.717) is 34.8 Å². The first kappa shape index (κ1) is 22.7. The van der Waals surface area contributed by atoms with Gasteiger partial charge in [-0.1, -0.05) is 0 Å². The largest absolute Gasteiger partial charge is 0.478 e. The number of hydrogen-bond donors (Lipinski definition) is 3. The molecule has 0 unspecified atom stereocenters. The summed E-state index contributed by atoms with van der Waals surface area (Å²) in [4.78, 5) is 18.6. The first-order valence-corrected chi connectivity index (χ1v) is 10.9. The van der Waals surface area contributed by atoms with Gasteiger partial charge in [-0.15, -0.1) is 0 Å². The van der Waals surface area contributed by atoms with Crippen LogP contribution in [-0.2, 0) is 19.5 Å². The minimum absolute atomic E-state index is 0.0580. The van der Waals surface area contributed by atoms with Gasteiger partial charge < -0.3 is 29.7 Å². The molecule has 168 valence electrons. The van der Waals surface area contributed by atoms with Crippen molar-refractivity contribution in [2.75, 3.05) is 27.4 Å². The lowest BCUT2D eigenvalue weighted by Gasteiger charge is -2.13. The fourth-order valence-electron chi connectivity index (χ4n) is 3.11. The van der Waals surface area contributed by atoms with E-state index in [9.17, 15) is 13.2 Å². The third-order valence-corrected chi connectivity index (χ3v) is 5.96. The van der Waals surface area contributed by atoms with Gasteiger partial charge in [0.05, 0.1) is 11.5 Å². The number of nitrogens with two attached hydrogens (primary N) is 1. The molecule has 0 bridgehead atoms. The molecule has 0 fully saturated rings. The van der Waals surface area contributed by atoms with Gasteiger partial charge in [0, 0.05) is 49.5 Å². The maximum absolute atomic E-state index is 12.7. The molecule has 3 aromatic rings. The molecule has 2 heterocycles. The molecular weight excluding hydrogens is 428 g/mol. The van der Waals surface area contributed by atoms with Crippen molar-refractivity contribution < 1.29 is 32.2 Å². The summed E-state index contributed by atoms with van der Waals surface area (Å²) >= 11 is 0. The molecule has 31 heavy (non-hydrogen) atoms. The number of amides is 1. The van der Waals surface area contributed by atoms with Gasteiger partial charge in [-0.05, 0) is 25.1 Å². The molecule has 12 heteroatoms. The average molecular weight is 452 g/mol. The summed E-state index contributed by atoms with van der Waals surface area (Å²) in [7, 11) is -0.824. The van der Waals surface area contributed by atoms with E-state index in [1.807, 2.05) is 0 Å². The summed E-state index contributed by atoms with van der Waals surface area (Å²) in [6, 6.07) is 6.24. The number of fused-ring (bicyclic) bond motifs is 3. The number of carbonyl (C=O) groups is 1. The summed E-state index contributed by atoms with van der Waals surface area (Å²) in [5.74, 6) is 0.154. The molecule has 0 spiro atoms. The molecule has 0 atom stereocenters. The molecule has 0 radical (unpaired) electrons. The molecule has 1 aromatic carbocycles. The van der Waals surface area contributed by atoms with Crippen molar-refractivity contribution in [1.29, 1.82) is 0 Å². The Morgan fingerprint density at radius 2 is 1.97 bits per heavy atom. The van der Waals surface area contributed by atoms with Crippen LogP contribution < -0.4 is 19.9 Å². The van der Waals surface area contributed by atoms with Crippen LogP contribution in [0.1, 0.15) is 13.3 Å². The maximum Gasteiger partial charge on any atom is 0.411 e. The number of rotatable bonds is 10. The summed E-state index contributed by atoms with van der Waals surface area (Å²) in [5, 5.41) is 1.16. The molecule has 1 amide bonds. The average Bonchev–Trinajstić information content (AvgIpc) is 3.09. The molecule has 3 rings (SSSR count). The van der Waals surface area contributed by atoms with Crippen LogP contribution in [0.4, 0.5) is 4.79 Å². The van der Waals surface area contributed by atoms with Crippen molar-refractivity contribution >= 4 is 37.9 Å². The van der Waals surface area contributed by atoms with Gasteiger partial charge in [0.15, 0.2) is 6.29 Å². The number of hydrogen-bond acceptors (Lipinski definition) is 8. The Labute approximate surface area is 178 Å². The summed E-state index contributed by atoms with van der Waals surface area (Å²) in [6.07, 6.45) is -1.19. The minimum Gasteiger partial charge on any atom is -0.478 e. The van der Waals surface area contributed by atoms with E-state index in [1.54, 1.807) is 19.1 Å². The Morgan fingerprint density at radius 1 is 1.23 bits per heavy atom. The smallest absolute Gasteiger partial charge is 0.411 e. The minimum atomic E-state index is -3.79. The van der Waals surface area contributed by atoms with Gasteiger partial charge in [-0.3, -0.25) is 0 Å². The predicted octanol–water partition coefficient (Wildman–Crippen LogP) is 1.86. The first-order chi connectivity index (χ1) is 14.8. The van der Waals surface area contributed by atoms with Crippen LogP contribution in [0, 0.1) is 0 Å². The Morgan fingerprint density at radius 3 is 2.61 bits per heavy atom. The number of carbonyl (C=O) groups excluding carboxylic acids is 1. The molecule has 0 aliphatic heterocycles. The number of aromatic nitrogens is 2. The van der Waals surface area contributed by atoms with Crippen LogP contribution in [0.25, 0.3) is 21.8 Å². The summed E-state index contributed by atoms with van der Waals surface area (Å²) < 4.78 is 48.6. The number of benzene rings is 1. The number of H-pyrrole nitrogens is 1. The van der Waals surface area contributed by atoms with Gasteiger partial charge in [0.1, 0.15) is 5.52 Å². The Kier molecular flexibility index (Phi) is 6.95. The summed E-state index contributed by atoms with van der Waals surface area (Å²) in [6.45, 7) is 2.25. The first-order valence-electron chi connectivity index (χ1n) is 9.40. The maximum atomic E-state index is 12.7. The molecular formula is C19H24N4O7S. The highest BCUT2D eigenvalue weighted by molar-refractivity contribution is 7.89. The van der Waals surface area contributed by atoms with E-state index in [0.717, 1.165) is 0 Å². The summed E-state index contributed by atoms with van der Waals surface area (Å²) in [5.41, 5.74) is 6.16. The second-order valence-electron chi connectivity index (χ2n) is 6.46. The molecule has 11 nitrogen and oxygen atoms in total. The zero-order valence-corrected chi connectivity index (χ0v) is 18.1. The van der Waals surface area contributed by atoms with E-state index in [-0.39, 0.29) is 23.2 Å².